The lowest BCUT2D eigenvalue weighted by molar-refractivity contribution is 0.479. The van der Waals surface area contributed by atoms with E-state index in [2.05, 4.69) is 11.9 Å². The van der Waals surface area contributed by atoms with Gasteiger partial charge in [-0.2, -0.15) is 0 Å². The van der Waals surface area contributed by atoms with Crippen LogP contribution in [-0.2, 0) is 0 Å². The van der Waals surface area contributed by atoms with Crippen LogP contribution in [0.15, 0.2) is 4.99 Å². The highest BCUT2D eigenvalue weighted by atomic mass is 15.2. The van der Waals surface area contributed by atoms with Crippen molar-refractivity contribution in [2.45, 2.75) is 19.8 Å². The van der Waals surface area contributed by atoms with Gasteiger partial charge in [0.15, 0.2) is 5.96 Å². The molecule has 0 aliphatic heterocycles. The molecule has 0 atom stereocenters. The number of unbranched alkanes of at least 4 members (excludes halogenated alkanes) is 1. The number of aliphatic imine (C=N–C) groups is 1. The molecule has 0 aromatic carbocycles. The van der Waals surface area contributed by atoms with Gasteiger partial charge in [0.1, 0.15) is 0 Å². The Morgan fingerprint density at radius 1 is 1.60 bits per heavy atom. The van der Waals surface area contributed by atoms with Gasteiger partial charge < -0.3 is 10.6 Å². The number of rotatable bonds is 3. The maximum Gasteiger partial charge on any atom is 0.190 e. The Morgan fingerprint density at radius 3 is 2.60 bits per heavy atom. The summed E-state index contributed by atoms with van der Waals surface area (Å²) in [4.78, 5) is 5.82. The van der Waals surface area contributed by atoms with Crippen molar-refractivity contribution in [3.63, 3.8) is 0 Å². The molecule has 0 aromatic rings. The van der Waals surface area contributed by atoms with E-state index in [1.165, 1.54) is 12.8 Å². The van der Waals surface area contributed by atoms with Crippen molar-refractivity contribution in [1.29, 1.82) is 0 Å². The molecule has 0 aliphatic carbocycles. The van der Waals surface area contributed by atoms with Crippen molar-refractivity contribution in [2.24, 2.45) is 10.7 Å². The Kier molecular flexibility index (Phi) is 4.72. The molecule has 0 radical (unpaired) electrons. The largest absolute Gasteiger partial charge is 0.370 e. The van der Waals surface area contributed by atoms with Gasteiger partial charge in [0, 0.05) is 20.6 Å². The summed E-state index contributed by atoms with van der Waals surface area (Å²) in [5.41, 5.74) is 5.53. The van der Waals surface area contributed by atoms with Gasteiger partial charge in [0.05, 0.1) is 0 Å². The third-order valence-electron chi connectivity index (χ3n) is 1.47. The maximum atomic E-state index is 5.53. The average Bonchev–Trinajstić information content (AvgIpc) is 1.98. The van der Waals surface area contributed by atoms with Crippen LogP contribution in [-0.4, -0.2) is 31.5 Å². The van der Waals surface area contributed by atoms with Crippen LogP contribution in [0, 0.1) is 0 Å². The minimum absolute atomic E-state index is 0.619. The first kappa shape index (κ1) is 9.27. The Hall–Kier alpha value is -0.730. The molecule has 0 amide bonds. The molecule has 2 N–H and O–H groups in total. The molecule has 0 heterocycles. The molecule has 60 valence electrons. The molecular weight excluding hydrogens is 126 g/mol. The van der Waals surface area contributed by atoms with Crippen LogP contribution in [0.4, 0.5) is 0 Å². The normalized spacial score (nSPS) is 11.7. The van der Waals surface area contributed by atoms with E-state index < -0.39 is 0 Å². The molecule has 0 aliphatic rings. The van der Waals surface area contributed by atoms with Gasteiger partial charge in [0.25, 0.3) is 0 Å². The molecular formula is C7H17N3. The zero-order chi connectivity index (χ0) is 7.98. The Balaban J connectivity index is 3.51. The lowest BCUT2D eigenvalue weighted by Crippen LogP contribution is -2.34. The van der Waals surface area contributed by atoms with Gasteiger partial charge in [0.2, 0.25) is 0 Å². The third kappa shape index (κ3) is 3.33. The molecule has 0 rings (SSSR count). The Bertz CT molecular complexity index is 109. The SMILES string of the molecule is CCCCN(C)C(N)=NC. The fourth-order valence-corrected chi connectivity index (χ4v) is 0.681. The molecule has 0 spiro atoms. The number of guanidine groups is 1. The summed E-state index contributed by atoms with van der Waals surface area (Å²) in [6, 6.07) is 0. The summed E-state index contributed by atoms with van der Waals surface area (Å²) in [6.45, 7) is 3.16. The zero-order valence-corrected chi connectivity index (χ0v) is 7.09. The summed E-state index contributed by atoms with van der Waals surface area (Å²) in [5.74, 6) is 0.619. The van der Waals surface area contributed by atoms with E-state index in [1.54, 1.807) is 7.05 Å². The lowest BCUT2D eigenvalue weighted by Gasteiger charge is -2.16. The Morgan fingerprint density at radius 2 is 2.20 bits per heavy atom. The number of hydrogen-bond donors (Lipinski definition) is 1. The number of nitrogens with zero attached hydrogens (tertiary/aromatic N) is 2. The second-order valence-corrected chi connectivity index (χ2v) is 2.36. The minimum Gasteiger partial charge on any atom is -0.370 e. The lowest BCUT2D eigenvalue weighted by atomic mass is 10.3. The molecule has 0 saturated heterocycles. The summed E-state index contributed by atoms with van der Waals surface area (Å²) in [6.07, 6.45) is 2.37. The van der Waals surface area contributed by atoms with Crippen LogP contribution in [0.2, 0.25) is 0 Å². The number of hydrogen-bond acceptors (Lipinski definition) is 1. The van der Waals surface area contributed by atoms with E-state index in [9.17, 15) is 0 Å². The predicted molar refractivity (Wildman–Crippen MR) is 45.1 cm³/mol. The molecule has 0 saturated carbocycles. The fraction of sp³-hybridized carbons (Fsp3) is 0.857. The van der Waals surface area contributed by atoms with Crippen molar-refractivity contribution >= 4 is 5.96 Å². The minimum atomic E-state index is 0.619. The van der Waals surface area contributed by atoms with Crippen LogP contribution < -0.4 is 5.73 Å². The van der Waals surface area contributed by atoms with Gasteiger partial charge in [-0.15, -0.1) is 0 Å². The van der Waals surface area contributed by atoms with Crippen LogP contribution in [0.5, 0.6) is 0 Å². The highest BCUT2D eigenvalue weighted by Crippen LogP contribution is 1.90. The average molecular weight is 143 g/mol. The van der Waals surface area contributed by atoms with Gasteiger partial charge in [-0.1, -0.05) is 13.3 Å². The highest BCUT2D eigenvalue weighted by molar-refractivity contribution is 5.77. The van der Waals surface area contributed by atoms with Crippen LogP contribution in [0.25, 0.3) is 0 Å². The quantitative estimate of drug-likeness (QED) is 0.466. The van der Waals surface area contributed by atoms with E-state index in [-0.39, 0.29) is 0 Å². The van der Waals surface area contributed by atoms with Gasteiger partial charge in [-0.05, 0) is 6.42 Å². The van der Waals surface area contributed by atoms with Crippen LogP contribution >= 0.6 is 0 Å². The molecule has 0 fully saturated rings. The van der Waals surface area contributed by atoms with Crippen molar-refractivity contribution in [3.05, 3.63) is 0 Å². The topological polar surface area (TPSA) is 41.6 Å². The van der Waals surface area contributed by atoms with Crippen molar-refractivity contribution in [3.8, 4) is 0 Å². The molecule has 3 heteroatoms. The first-order chi connectivity index (χ1) is 4.72. The summed E-state index contributed by atoms with van der Waals surface area (Å²) in [5, 5.41) is 0. The summed E-state index contributed by atoms with van der Waals surface area (Å²) < 4.78 is 0. The van der Waals surface area contributed by atoms with E-state index in [1.807, 2.05) is 11.9 Å². The second-order valence-electron chi connectivity index (χ2n) is 2.36. The van der Waals surface area contributed by atoms with Crippen molar-refractivity contribution in [2.75, 3.05) is 20.6 Å². The molecule has 10 heavy (non-hydrogen) atoms. The van der Waals surface area contributed by atoms with Crippen LogP contribution in [0.3, 0.4) is 0 Å². The van der Waals surface area contributed by atoms with E-state index in [4.69, 9.17) is 5.73 Å². The van der Waals surface area contributed by atoms with Crippen molar-refractivity contribution in [1.82, 2.24) is 4.90 Å². The molecule has 0 bridgehead atoms. The maximum absolute atomic E-state index is 5.53. The molecule has 3 nitrogen and oxygen atoms in total. The summed E-state index contributed by atoms with van der Waals surface area (Å²) in [7, 11) is 3.66. The van der Waals surface area contributed by atoms with Crippen molar-refractivity contribution < 1.29 is 0 Å². The zero-order valence-electron chi connectivity index (χ0n) is 7.09. The predicted octanol–water partition coefficient (Wildman–Crippen LogP) is 0.663. The van der Waals surface area contributed by atoms with E-state index in [0.29, 0.717) is 5.96 Å². The smallest absolute Gasteiger partial charge is 0.190 e. The number of nitrogens with two attached hydrogens (primary N) is 1. The van der Waals surface area contributed by atoms with Crippen LogP contribution in [0.1, 0.15) is 19.8 Å². The fourth-order valence-electron chi connectivity index (χ4n) is 0.681. The van der Waals surface area contributed by atoms with Gasteiger partial charge in [-0.25, -0.2) is 0 Å². The van der Waals surface area contributed by atoms with E-state index >= 15 is 0 Å². The molecule has 0 unspecified atom stereocenters. The third-order valence-corrected chi connectivity index (χ3v) is 1.47. The van der Waals surface area contributed by atoms with E-state index in [0.717, 1.165) is 6.54 Å². The van der Waals surface area contributed by atoms with Gasteiger partial charge in [-0.3, -0.25) is 4.99 Å². The Labute approximate surface area is 62.9 Å². The first-order valence-corrected chi connectivity index (χ1v) is 3.65. The monoisotopic (exact) mass is 143 g/mol. The first-order valence-electron chi connectivity index (χ1n) is 3.65. The molecule has 0 aromatic heterocycles. The van der Waals surface area contributed by atoms with Gasteiger partial charge >= 0.3 is 0 Å². The summed E-state index contributed by atoms with van der Waals surface area (Å²) >= 11 is 0. The highest BCUT2D eigenvalue weighted by Gasteiger charge is 1.97. The second kappa shape index (κ2) is 5.09. The standard InChI is InChI=1S/C7H17N3/c1-4-5-6-10(3)7(8)9-2/h4-6H2,1-3H3,(H2,8,9).